The molecule has 0 radical (unpaired) electrons. The Labute approximate surface area is 173 Å². The molecule has 0 fully saturated rings. The fourth-order valence-corrected chi connectivity index (χ4v) is 2.77. The summed E-state index contributed by atoms with van der Waals surface area (Å²) in [4.78, 5) is 26.5. The van der Waals surface area contributed by atoms with Crippen LogP contribution in [-0.2, 0) is 15.8 Å². The Balaban J connectivity index is 1.98. The molecular formula is C21H24F3N3O3. The van der Waals surface area contributed by atoms with E-state index in [9.17, 15) is 22.8 Å². The van der Waals surface area contributed by atoms with Gasteiger partial charge in [0.2, 0.25) is 11.8 Å². The Morgan fingerprint density at radius 1 is 1.07 bits per heavy atom. The van der Waals surface area contributed by atoms with Crippen molar-refractivity contribution in [1.29, 1.82) is 0 Å². The Bertz CT molecular complexity index is 870. The van der Waals surface area contributed by atoms with Crippen LogP contribution in [0, 0.1) is 0 Å². The van der Waals surface area contributed by atoms with Crippen LogP contribution in [0.15, 0.2) is 48.5 Å². The molecule has 30 heavy (non-hydrogen) atoms. The predicted octanol–water partition coefficient (Wildman–Crippen LogP) is 4.00. The molecule has 0 heterocycles. The summed E-state index contributed by atoms with van der Waals surface area (Å²) in [5, 5.41) is 5.21. The third kappa shape index (κ3) is 6.48. The zero-order valence-corrected chi connectivity index (χ0v) is 16.9. The highest BCUT2D eigenvalue weighted by Crippen LogP contribution is 2.30. The van der Waals surface area contributed by atoms with Gasteiger partial charge in [0.1, 0.15) is 5.75 Å². The molecule has 0 aliphatic heterocycles. The monoisotopic (exact) mass is 423 g/mol. The number of nitrogens with one attached hydrogen (secondary N) is 2. The summed E-state index contributed by atoms with van der Waals surface area (Å²) in [6.45, 7) is 3.72. The van der Waals surface area contributed by atoms with E-state index in [1.54, 1.807) is 50.1 Å². The minimum absolute atomic E-state index is 0.0420. The number of ether oxygens (including phenoxy) is 1. The van der Waals surface area contributed by atoms with Gasteiger partial charge in [-0.15, -0.1) is 0 Å². The highest BCUT2D eigenvalue weighted by atomic mass is 19.4. The molecule has 0 bridgehead atoms. The van der Waals surface area contributed by atoms with Crippen molar-refractivity contribution in [2.24, 2.45) is 0 Å². The second-order valence-electron chi connectivity index (χ2n) is 6.58. The molecule has 162 valence electrons. The third-order valence-electron chi connectivity index (χ3n) is 4.51. The number of alkyl halides is 3. The van der Waals surface area contributed by atoms with E-state index in [1.165, 1.54) is 12.1 Å². The average molecular weight is 423 g/mol. The molecule has 0 aliphatic rings. The number of hydrogen-bond donors (Lipinski definition) is 2. The van der Waals surface area contributed by atoms with E-state index in [0.717, 1.165) is 12.1 Å². The van der Waals surface area contributed by atoms with Crippen LogP contribution >= 0.6 is 0 Å². The van der Waals surface area contributed by atoms with Gasteiger partial charge in [0.25, 0.3) is 0 Å². The molecule has 2 N–H and O–H groups in total. The number of methoxy groups -OCH3 is 1. The van der Waals surface area contributed by atoms with E-state index in [-0.39, 0.29) is 18.1 Å². The number of carbonyl (C=O) groups excluding carboxylic acids is 2. The highest BCUT2D eigenvalue weighted by Gasteiger charge is 2.31. The highest BCUT2D eigenvalue weighted by molar-refractivity contribution is 5.96. The molecule has 2 aromatic rings. The standard InChI is InChI=1S/C21H24F3N3O3/c1-4-27(13-19(28)25-16-8-10-18(30-3)11-9-16)14(2)20(29)26-17-7-5-6-15(12-17)21(22,23)24/h5-12,14H,4,13H2,1-3H3,(H,25,28)(H,26,29)/t14-/m1/s1. The number of anilines is 2. The van der Waals surface area contributed by atoms with Crippen LogP contribution in [0.2, 0.25) is 0 Å². The van der Waals surface area contributed by atoms with Gasteiger partial charge in [-0.3, -0.25) is 14.5 Å². The van der Waals surface area contributed by atoms with Crippen LogP contribution in [0.25, 0.3) is 0 Å². The zero-order valence-electron chi connectivity index (χ0n) is 16.9. The fourth-order valence-electron chi connectivity index (χ4n) is 2.77. The first-order valence-corrected chi connectivity index (χ1v) is 9.30. The zero-order chi connectivity index (χ0) is 22.3. The summed E-state index contributed by atoms with van der Waals surface area (Å²) in [7, 11) is 1.54. The second kappa shape index (κ2) is 10.1. The first-order valence-electron chi connectivity index (χ1n) is 9.30. The van der Waals surface area contributed by atoms with Crippen molar-refractivity contribution >= 4 is 23.2 Å². The van der Waals surface area contributed by atoms with E-state index in [1.807, 2.05) is 0 Å². The number of amides is 2. The first-order chi connectivity index (χ1) is 14.1. The molecule has 1 atom stereocenters. The lowest BCUT2D eigenvalue weighted by molar-refractivity contribution is -0.137. The lowest BCUT2D eigenvalue weighted by Gasteiger charge is -2.26. The first kappa shape index (κ1) is 23.2. The van der Waals surface area contributed by atoms with Gasteiger partial charge in [-0.1, -0.05) is 13.0 Å². The topological polar surface area (TPSA) is 70.7 Å². The van der Waals surface area contributed by atoms with Crippen LogP contribution in [0.3, 0.4) is 0 Å². The Kier molecular flexibility index (Phi) is 7.82. The van der Waals surface area contributed by atoms with Crippen LogP contribution in [0.4, 0.5) is 24.5 Å². The Hall–Kier alpha value is -3.07. The van der Waals surface area contributed by atoms with E-state index < -0.39 is 23.7 Å². The quantitative estimate of drug-likeness (QED) is 0.673. The number of hydrogen-bond acceptors (Lipinski definition) is 4. The summed E-state index contributed by atoms with van der Waals surface area (Å²) in [5.41, 5.74) is -0.225. The van der Waals surface area contributed by atoms with Crippen LogP contribution in [0.5, 0.6) is 5.75 Å². The molecule has 0 saturated heterocycles. The molecule has 9 heteroatoms. The van der Waals surface area contributed by atoms with Crippen molar-refractivity contribution in [1.82, 2.24) is 4.90 Å². The molecule has 0 spiro atoms. The van der Waals surface area contributed by atoms with Crippen molar-refractivity contribution in [3.63, 3.8) is 0 Å². The Morgan fingerprint density at radius 2 is 1.73 bits per heavy atom. The molecule has 6 nitrogen and oxygen atoms in total. The van der Waals surface area contributed by atoms with Crippen molar-refractivity contribution in [2.75, 3.05) is 30.8 Å². The number of likely N-dealkylation sites (N-methyl/N-ethyl adjacent to an activating group) is 1. The summed E-state index contributed by atoms with van der Waals surface area (Å²) in [6.07, 6.45) is -4.50. The maximum absolute atomic E-state index is 12.8. The average Bonchev–Trinajstić information content (AvgIpc) is 2.71. The SMILES string of the molecule is CCN(CC(=O)Nc1ccc(OC)cc1)[C@H](C)C(=O)Nc1cccc(C(F)(F)F)c1. The normalized spacial score (nSPS) is 12.4. The van der Waals surface area contributed by atoms with Gasteiger partial charge in [0, 0.05) is 11.4 Å². The molecule has 2 rings (SSSR count). The van der Waals surface area contributed by atoms with E-state index in [2.05, 4.69) is 10.6 Å². The fraction of sp³-hybridized carbons (Fsp3) is 0.333. The summed E-state index contributed by atoms with van der Waals surface area (Å²) >= 11 is 0. The largest absolute Gasteiger partial charge is 0.497 e. The summed E-state index contributed by atoms with van der Waals surface area (Å²) in [5.74, 6) is -0.169. The predicted molar refractivity (Wildman–Crippen MR) is 108 cm³/mol. The lowest BCUT2D eigenvalue weighted by atomic mass is 10.2. The van der Waals surface area contributed by atoms with Gasteiger partial charge < -0.3 is 15.4 Å². The number of benzene rings is 2. The van der Waals surface area contributed by atoms with E-state index in [4.69, 9.17) is 4.74 Å². The van der Waals surface area contributed by atoms with Gasteiger partial charge in [-0.25, -0.2) is 0 Å². The summed E-state index contributed by atoms with van der Waals surface area (Å²) < 4.78 is 43.6. The minimum Gasteiger partial charge on any atom is -0.497 e. The Morgan fingerprint density at radius 3 is 2.30 bits per heavy atom. The maximum Gasteiger partial charge on any atom is 0.416 e. The van der Waals surface area contributed by atoms with E-state index >= 15 is 0 Å². The number of carbonyl (C=O) groups is 2. The van der Waals surface area contributed by atoms with Crippen LogP contribution in [-0.4, -0.2) is 43.0 Å². The molecule has 0 aliphatic carbocycles. The molecule has 0 saturated carbocycles. The summed E-state index contributed by atoms with van der Waals surface area (Å²) in [6, 6.07) is 10.5. The second-order valence-corrected chi connectivity index (χ2v) is 6.58. The van der Waals surface area contributed by atoms with Gasteiger partial charge >= 0.3 is 6.18 Å². The molecule has 2 aromatic carbocycles. The smallest absolute Gasteiger partial charge is 0.416 e. The van der Waals surface area contributed by atoms with Gasteiger partial charge in [-0.2, -0.15) is 13.2 Å². The van der Waals surface area contributed by atoms with Gasteiger partial charge in [0.05, 0.1) is 25.3 Å². The number of halogens is 3. The third-order valence-corrected chi connectivity index (χ3v) is 4.51. The number of nitrogens with zero attached hydrogens (tertiary/aromatic N) is 1. The van der Waals surface area contributed by atoms with Crippen molar-refractivity contribution < 1.29 is 27.5 Å². The van der Waals surface area contributed by atoms with Crippen molar-refractivity contribution in [3.8, 4) is 5.75 Å². The van der Waals surface area contributed by atoms with Crippen molar-refractivity contribution in [2.45, 2.75) is 26.1 Å². The molecule has 0 unspecified atom stereocenters. The van der Waals surface area contributed by atoms with E-state index in [0.29, 0.717) is 18.0 Å². The lowest BCUT2D eigenvalue weighted by Crippen LogP contribution is -2.45. The number of rotatable bonds is 8. The van der Waals surface area contributed by atoms with Crippen LogP contribution in [0.1, 0.15) is 19.4 Å². The van der Waals surface area contributed by atoms with Crippen molar-refractivity contribution in [3.05, 3.63) is 54.1 Å². The van der Waals surface area contributed by atoms with Crippen LogP contribution < -0.4 is 15.4 Å². The maximum atomic E-state index is 12.8. The van der Waals surface area contributed by atoms with Gasteiger partial charge in [0.15, 0.2) is 0 Å². The molecule has 2 amide bonds. The van der Waals surface area contributed by atoms with Gasteiger partial charge in [-0.05, 0) is 55.9 Å². The minimum atomic E-state index is -4.50. The molecular weight excluding hydrogens is 399 g/mol. The molecule has 0 aromatic heterocycles.